The molecule has 0 N–H and O–H groups in total. The van der Waals surface area contributed by atoms with Gasteiger partial charge in [0.2, 0.25) is 0 Å². The average molecular weight is 174 g/mol. The smallest absolute Gasteiger partial charge is 0.130 e. The third-order valence-corrected chi connectivity index (χ3v) is 2.83. The summed E-state index contributed by atoms with van der Waals surface area (Å²) in [5.74, 6) is 1.86. The van der Waals surface area contributed by atoms with Crippen LogP contribution in [-0.4, -0.2) is 14.5 Å². The Morgan fingerprint density at radius 1 is 1.70 bits per heavy atom. The number of thioether (sulfide) groups is 1. The van der Waals surface area contributed by atoms with Crippen LogP contribution in [0.15, 0.2) is 11.2 Å². The minimum atomic E-state index is 0.728. The number of aromatic nitrogens is 2. The standard InChI is InChI=1S/C6H10N2S2/c1-5(2)4-9-6-3-7-10-8-6/h3,5H,4H2,1-2H3. The van der Waals surface area contributed by atoms with E-state index in [-0.39, 0.29) is 0 Å². The van der Waals surface area contributed by atoms with Gasteiger partial charge in [-0.25, -0.2) is 0 Å². The third kappa shape index (κ3) is 2.66. The van der Waals surface area contributed by atoms with Crippen LogP contribution in [0, 0.1) is 5.92 Å². The van der Waals surface area contributed by atoms with Gasteiger partial charge in [0, 0.05) is 5.75 Å². The van der Waals surface area contributed by atoms with Crippen LogP contribution in [0.4, 0.5) is 0 Å². The van der Waals surface area contributed by atoms with E-state index in [1.807, 2.05) is 6.20 Å². The topological polar surface area (TPSA) is 25.8 Å². The molecule has 1 rings (SSSR count). The van der Waals surface area contributed by atoms with E-state index in [0.29, 0.717) is 0 Å². The summed E-state index contributed by atoms with van der Waals surface area (Å²) in [5, 5.41) is 1.05. The van der Waals surface area contributed by atoms with Gasteiger partial charge in [0.05, 0.1) is 17.9 Å². The molecule has 1 aromatic rings. The summed E-state index contributed by atoms with van der Waals surface area (Å²) < 4.78 is 7.99. The second-order valence-electron chi connectivity index (χ2n) is 2.45. The normalized spacial score (nSPS) is 10.7. The lowest BCUT2D eigenvalue weighted by molar-refractivity contribution is 0.750. The Kier molecular flexibility index (Phi) is 3.15. The molecule has 1 aromatic heterocycles. The molecular weight excluding hydrogens is 164 g/mol. The van der Waals surface area contributed by atoms with Crippen LogP contribution in [0.1, 0.15) is 13.8 Å². The van der Waals surface area contributed by atoms with Gasteiger partial charge in [-0.2, -0.15) is 8.75 Å². The molecule has 0 atom stereocenters. The first-order chi connectivity index (χ1) is 4.79. The van der Waals surface area contributed by atoms with Crippen LogP contribution in [0.2, 0.25) is 0 Å². The van der Waals surface area contributed by atoms with Gasteiger partial charge in [-0.3, -0.25) is 0 Å². The van der Waals surface area contributed by atoms with Crippen molar-refractivity contribution < 1.29 is 0 Å². The van der Waals surface area contributed by atoms with Crippen LogP contribution in [0.5, 0.6) is 0 Å². The molecule has 0 bridgehead atoms. The van der Waals surface area contributed by atoms with Gasteiger partial charge < -0.3 is 0 Å². The molecular formula is C6H10N2S2. The van der Waals surface area contributed by atoms with Gasteiger partial charge in [-0.1, -0.05) is 13.8 Å². The molecule has 0 saturated carbocycles. The minimum Gasteiger partial charge on any atom is -0.180 e. The second-order valence-corrected chi connectivity index (χ2v) is 4.05. The van der Waals surface area contributed by atoms with E-state index in [0.717, 1.165) is 16.7 Å². The summed E-state index contributed by atoms with van der Waals surface area (Å²) in [5.41, 5.74) is 0. The first-order valence-electron chi connectivity index (χ1n) is 3.19. The summed E-state index contributed by atoms with van der Waals surface area (Å²) in [6.07, 6.45) is 1.82. The van der Waals surface area contributed by atoms with Gasteiger partial charge >= 0.3 is 0 Å². The Balaban J connectivity index is 2.28. The Hall–Kier alpha value is -0.0900. The highest BCUT2D eigenvalue weighted by molar-refractivity contribution is 7.99. The maximum absolute atomic E-state index is 4.08. The van der Waals surface area contributed by atoms with Crippen molar-refractivity contribution in [3.8, 4) is 0 Å². The van der Waals surface area contributed by atoms with Crippen molar-refractivity contribution in [2.75, 3.05) is 5.75 Å². The SMILES string of the molecule is CC(C)CSc1cnsn1. The molecule has 0 aliphatic heterocycles. The second kappa shape index (κ2) is 3.93. The molecule has 0 aliphatic carbocycles. The zero-order chi connectivity index (χ0) is 7.40. The lowest BCUT2D eigenvalue weighted by Crippen LogP contribution is -1.89. The van der Waals surface area contributed by atoms with Crippen LogP contribution >= 0.6 is 23.5 Å². The highest BCUT2D eigenvalue weighted by atomic mass is 32.2. The molecule has 0 saturated heterocycles. The van der Waals surface area contributed by atoms with Gasteiger partial charge in [0.1, 0.15) is 5.03 Å². The summed E-state index contributed by atoms with van der Waals surface area (Å²) in [6, 6.07) is 0. The summed E-state index contributed by atoms with van der Waals surface area (Å²) >= 11 is 3.04. The quantitative estimate of drug-likeness (QED) is 0.657. The zero-order valence-corrected chi connectivity index (χ0v) is 7.71. The number of hydrogen-bond donors (Lipinski definition) is 0. The van der Waals surface area contributed by atoms with E-state index < -0.39 is 0 Å². The van der Waals surface area contributed by atoms with Gasteiger partial charge in [-0.05, 0) is 5.92 Å². The van der Waals surface area contributed by atoms with Crippen molar-refractivity contribution in [1.29, 1.82) is 0 Å². The van der Waals surface area contributed by atoms with E-state index in [1.165, 1.54) is 11.7 Å². The molecule has 0 unspecified atom stereocenters. The maximum Gasteiger partial charge on any atom is 0.130 e. The first-order valence-corrected chi connectivity index (χ1v) is 4.91. The van der Waals surface area contributed by atoms with Crippen LogP contribution in [0.3, 0.4) is 0 Å². The van der Waals surface area contributed by atoms with Crippen molar-refractivity contribution >= 4 is 23.5 Å². The fourth-order valence-corrected chi connectivity index (χ4v) is 1.80. The van der Waals surface area contributed by atoms with Gasteiger partial charge in [-0.15, -0.1) is 11.8 Å². The van der Waals surface area contributed by atoms with E-state index in [1.54, 1.807) is 11.8 Å². The van der Waals surface area contributed by atoms with Crippen molar-refractivity contribution in [3.05, 3.63) is 6.20 Å². The van der Waals surface area contributed by atoms with Crippen LogP contribution < -0.4 is 0 Å². The Morgan fingerprint density at radius 2 is 2.50 bits per heavy atom. The predicted octanol–water partition coefficient (Wildman–Crippen LogP) is 2.29. The molecule has 0 spiro atoms. The predicted molar refractivity (Wildman–Crippen MR) is 45.5 cm³/mol. The molecule has 56 valence electrons. The Labute approximate surface area is 69.4 Å². The van der Waals surface area contributed by atoms with E-state index in [4.69, 9.17) is 0 Å². The molecule has 1 heterocycles. The number of nitrogens with zero attached hydrogens (tertiary/aromatic N) is 2. The van der Waals surface area contributed by atoms with Crippen molar-refractivity contribution in [1.82, 2.24) is 8.75 Å². The molecule has 0 radical (unpaired) electrons. The monoisotopic (exact) mass is 174 g/mol. The van der Waals surface area contributed by atoms with Gasteiger partial charge in [0.25, 0.3) is 0 Å². The molecule has 0 aromatic carbocycles. The zero-order valence-electron chi connectivity index (χ0n) is 6.07. The molecule has 4 heteroatoms. The lowest BCUT2D eigenvalue weighted by Gasteiger charge is -1.98. The summed E-state index contributed by atoms with van der Waals surface area (Å²) in [6.45, 7) is 4.40. The Morgan fingerprint density at radius 3 is 3.00 bits per heavy atom. The molecule has 10 heavy (non-hydrogen) atoms. The molecule has 0 fully saturated rings. The largest absolute Gasteiger partial charge is 0.180 e. The molecule has 0 amide bonds. The van der Waals surface area contributed by atoms with Crippen molar-refractivity contribution in [2.24, 2.45) is 5.92 Å². The summed E-state index contributed by atoms with van der Waals surface area (Å²) in [4.78, 5) is 0. The van der Waals surface area contributed by atoms with E-state index in [9.17, 15) is 0 Å². The average Bonchev–Trinajstić information content (AvgIpc) is 2.34. The Bertz CT molecular complexity index is 172. The van der Waals surface area contributed by atoms with Crippen LogP contribution in [0.25, 0.3) is 0 Å². The van der Waals surface area contributed by atoms with Crippen LogP contribution in [-0.2, 0) is 0 Å². The third-order valence-electron chi connectivity index (χ3n) is 0.906. The van der Waals surface area contributed by atoms with Gasteiger partial charge in [0.15, 0.2) is 0 Å². The van der Waals surface area contributed by atoms with E-state index >= 15 is 0 Å². The molecule has 0 aliphatic rings. The number of hydrogen-bond acceptors (Lipinski definition) is 4. The number of rotatable bonds is 3. The lowest BCUT2D eigenvalue weighted by atomic mass is 10.3. The first kappa shape index (κ1) is 8.01. The summed E-state index contributed by atoms with van der Waals surface area (Å²) in [7, 11) is 0. The van der Waals surface area contributed by atoms with Crippen molar-refractivity contribution in [2.45, 2.75) is 18.9 Å². The minimum absolute atomic E-state index is 0.728. The van der Waals surface area contributed by atoms with Crippen molar-refractivity contribution in [3.63, 3.8) is 0 Å². The molecule has 2 nitrogen and oxygen atoms in total. The maximum atomic E-state index is 4.08. The highest BCUT2D eigenvalue weighted by Gasteiger charge is 1.98. The fraction of sp³-hybridized carbons (Fsp3) is 0.667. The highest BCUT2D eigenvalue weighted by Crippen LogP contribution is 2.17. The fourth-order valence-electron chi connectivity index (χ4n) is 0.472. The van der Waals surface area contributed by atoms with E-state index in [2.05, 4.69) is 22.6 Å².